The van der Waals surface area contributed by atoms with Crippen molar-refractivity contribution in [2.75, 3.05) is 32.7 Å². The van der Waals surface area contributed by atoms with Crippen LogP contribution < -0.4 is 5.32 Å². The number of nitrogens with one attached hydrogen (secondary N) is 1. The molecule has 0 bridgehead atoms. The third-order valence-corrected chi connectivity index (χ3v) is 2.54. The summed E-state index contributed by atoms with van der Waals surface area (Å²) in [6.07, 6.45) is 0. The van der Waals surface area contributed by atoms with Gasteiger partial charge in [0.1, 0.15) is 13.1 Å². The van der Waals surface area contributed by atoms with E-state index in [9.17, 15) is 14.4 Å². The van der Waals surface area contributed by atoms with Gasteiger partial charge < -0.3 is 20.2 Å². The lowest BCUT2D eigenvalue weighted by Gasteiger charge is -2.29. The molecule has 0 radical (unpaired) electrons. The fourth-order valence-electron chi connectivity index (χ4n) is 1.76. The summed E-state index contributed by atoms with van der Waals surface area (Å²) < 4.78 is 0. The van der Waals surface area contributed by atoms with Crippen LogP contribution in [0.2, 0.25) is 0 Å². The highest BCUT2D eigenvalue weighted by Crippen LogP contribution is 2.04. The Morgan fingerprint density at radius 3 is 2.10 bits per heavy atom. The van der Waals surface area contributed by atoms with Crippen molar-refractivity contribution in [2.45, 2.75) is 27.7 Å². The Kier molecular flexibility index (Phi) is 8.35. The average molecular weight is 287 g/mol. The number of rotatable bonds is 8. The number of carboxylic acid groups (broad SMARTS) is 1. The molecule has 7 nitrogen and oxygen atoms in total. The Hall–Kier alpha value is -1.79. The van der Waals surface area contributed by atoms with Crippen LogP contribution in [0.15, 0.2) is 0 Å². The monoisotopic (exact) mass is 287 g/mol. The van der Waals surface area contributed by atoms with Crippen LogP contribution in [-0.2, 0) is 9.59 Å². The van der Waals surface area contributed by atoms with Gasteiger partial charge in [0.25, 0.3) is 0 Å². The molecule has 0 heterocycles. The first-order valence-corrected chi connectivity index (χ1v) is 6.84. The lowest BCUT2D eigenvalue weighted by atomic mass is 10.2. The third kappa shape index (κ3) is 6.96. The largest absolute Gasteiger partial charge is 0.480 e. The van der Waals surface area contributed by atoms with E-state index in [2.05, 4.69) is 5.32 Å². The maximum absolute atomic E-state index is 12.3. The molecule has 0 aromatic rings. The summed E-state index contributed by atoms with van der Waals surface area (Å²) >= 11 is 0. The molecule has 0 fully saturated rings. The predicted molar refractivity (Wildman–Crippen MR) is 75.4 cm³/mol. The Bertz CT molecular complexity index is 345. The highest BCUT2D eigenvalue weighted by molar-refractivity contribution is 5.85. The fraction of sp³-hybridized carbons (Fsp3) is 0.769. The molecule has 0 unspecified atom stereocenters. The van der Waals surface area contributed by atoms with Gasteiger partial charge in [-0.2, -0.15) is 0 Å². The predicted octanol–water partition coefficient (Wildman–Crippen LogP) is 0.607. The molecule has 0 aliphatic rings. The topological polar surface area (TPSA) is 90.0 Å². The van der Waals surface area contributed by atoms with Gasteiger partial charge in [-0.3, -0.25) is 9.59 Å². The summed E-state index contributed by atoms with van der Waals surface area (Å²) in [6.45, 7) is 8.14. The minimum absolute atomic E-state index is 0.0581. The Morgan fingerprint density at radius 2 is 1.70 bits per heavy atom. The minimum Gasteiger partial charge on any atom is -0.480 e. The van der Waals surface area contributed by atoms with Crippen LogP contribution in [0.3, 0.4) is 0 Å². The van der Waals surface area contributed by atoms with Crippen molar-refractivity contribution in [1.29, 1.82) is 0 Å². The van der Waals surface area contributed by atoms with Crippen LogP contribution in [0, 0.1) is 5.92 Å². The lowest BCUT2D eigenvalue weighted by molar-refractivity contribution is -0.137. The zero-order valence-corrected chi connectivity index (χ0v) is 12.7. The van der Waals surface area contributed by atoms with Crippen LogP contribution in [0.25, 0.3) is 0 Å². The number of likely N-dealkylation sites (N-methyl/N-ethyl adjacent to an activating group) is 2. The van der Waals surface area contributed by atoms with Gasteiger partial charge in [0, 0.05) is 19.6 Å². The van der Waals surface area contributed by atoms with Gasteiger partial charge >= 0.3 is 12.0 Å². The van der Waals surface area contributed by atoms with E-state index in [1.54, 1.807) is 13.8 Å². The molecule has 2 N–H and O–H groups in total. The Labute approximate surface area is 119 Å². The molecule has 0 aliphatic heterocycles. The molecule has 0 aliphatic carbocycles. The quantitative estimate of drug-likeness (QED) is 0.684. The summed E-state index contributed by atoms with van der Waals surface area (Å²) in [5.74, 6) is -1.16. The van der Waals surface area contributed by atoms with Crippen LogP contribution in [0.4, 0.5) is 4.79 Å². The number of nitrogens with zero attached hydrogens (tertiary/aromatic N) is 2. The molecule has 7 heteroatoms. The first-order chi connectivity index (χ1) is 9.31. The average Bonchev–Trinajstić information content (AvgIpc) is 2.33. The van der Waals surface area contributed by atoms with Crippen LogP contribution in [-0.4, -0.2) is 65.5 Å². The molecule has 0 aromatic carbocycles. The van der Waals surface area contributed by atoms with E-state index in [0.717, 1.165) is 0 Å². The zero-order valence-electron chi connectivity index (χ0n) is 12.7. The number of carbonyl (C=O) groups excluding carboxylic acids is 2. The van der Waals surface area contributed by atoms with Crippen molar-refractivity contribution in [1.82, 2.24) is 15.1 Å². The first kappa shape index (κ1) is 18.2. The highest BCUT2D eigenvalue weighted by Gasteiger charge is 2.24. The SMILES string of the molecule is CCNC(=O)CN(CC)C(=O)N(CC(=O)O)CC(C)C. The summed E-state index contributed by atoms with van der Waals surface area (Å²) in [6, 6.07) is -0.421. The molecule has 0 rings (SSSR count). The molecule has 0 saturated carbocycles. The molecule has 116 valence electrons. The molecular formula is C13H25N3O4. The molecular weight excluding hydrogens is 262 g/mol. The number of carbonyl (C=O) groups is 3. The highest BCUT2D eigenvalue weighted by atomic mass is 16.4. The van der Waals surface area contributed by atoms with Gasteiger partial charge in [-0.25, -0.2) is 4.79 Å². The fourth-order valence-corrected chi connectivity index (χ4v) is 1.76. The van der Waals surface area contributed by atoms with Crippen molar-refractivity contribution in [3.63, 3.8) is 0 Å². The van der Waals surface area contributed by atoms with Gasteiger partial charge in [-0.1, -0.05) is 13.8 Å². The van der Waals surface area contributed by atoms with Crippen molar-refractivity contribution < 1.29 is 19.5 Å². The van der Waals surface area contributed by atoms with E-state index >= 15 is 0 Å². The summed E-state index contributed by atoms with van der Waals surface area (Å²) in [5.41, 5.74) is 0. The van der Waals surface area contributed by atoms with Gasteiger partial charge in [0.05, 0.1) is 0 Å². The third-order valence-electron chi connectivity index (χ3n) is 2.54. The van der Waals surface area contributed by atoms with Crippen molar-refractivity contribution in [2.24, 2.45) is 5.92 Å². The van der Waals surface area contributed by atoms with E-state index in [0.29, 0.717) is 19.6 Å². The second-order valence-corrected chi connectivity index (χ2v) is 4.92. The molecule has 0 aromatic heterocycles. The van der Waals surface area contributed by atoms with E-state index in [1.165, 1.54) is 9.80 Å². The zero-order chi connectivity index (χ0) is 15.7. The Balaban J connectivity index is 4.79. The van der Waals surface area contributed by atoms with Crippen LogP contribution in [0.1, 0.15) is 27.7 Å². The van der Waals surface area contributed by atoms with E-state index < -0.39 is 12.0 Å². The number of carboxylic acids is 1. The number of amides is 3. The van der Waals surface area contributed by atoms with Gasteiger partial charge in [-0.05, 0) is 19.8 Å². The van der Waals surface area contributed by atoms with Crippen molar-refractivity contribution in [3.05, 3.63) is 0 Å². The maximum atomic E-state index is 12.3. The van der Waals surface area contributed by atoms with E-state index in [4.69, 9.17) is 5.11 Å². The normalized spacial score (nSPS) is 10.2. The molecule has 3 amide bonds. The smallest absolute Gasteiger partial charge is 0.323 e. The molecule has 0 spiro atoms. The Morgan fingerprint density at radius 1 is 1.10 bits per heavy atom. The summed E-state index contributed by atoms with van der Waals surface area (Å²) in [4.78, 5) is 37.3. The first-order valence-electron chi connectivity index (χ1n) is 6.84. The molecule has 0 saturated heterocycles. The maximum Gasteiger partial charge on any atom is 0.323 e. The van der Waals surface area contributed by atoms with Gasteiger partial charge in [0.2, 0.25) is 5.91 Å². The van der Waals surface area contributed by atoms with Crippen molar-refractivity contribution in [3.8, 4) is 0 Å². The number of hydrogen-bond donors (Lipinski definition) is 2. The number of aliphatic carboxylic acids is 1. The minimum atomic E-state index is -1.06. The summed E-state index contributed by atoms with van der Waals surface area (Å²) in [5, 5.41) is 11.5. The van der Waals surface area contributed by atoms with Gasteiger partial charge in [0.15, 0.2) is 0 Å². The molecule has 0 atom stereocenters. The van der Waals surface area contributed by atoms with E-state index in [-0.39, 0.29) is 24.9 Å². The second-order valence-electron chi connectivity index (χ2n) is 4.92. The van der Waals surface area contributed by atoms with E-state index in [1.807, 2.05) is 13.8 Å². The lowest BCUT2D eigenvalue weighted by Crippen LogP contribution is -2.49. The van der Waals surface area contributed by atoms with Crippen LogP contribution >= 0.6 is 0 Å². The number of hydrogen-bond acceptors (Lipinski definition) is 3. The standard InChI is InChI=1S/C13H25N3O4/c1-5-14-11(17)8-15(6-2)13(20)16(7-10(3)4)9-12(18)19/h10H,5-9H2,1-4H3,(H,14,17)(H,18,19). The second kappa shape index (κ2) is 9.17. The van der Waals surface area contributed by atoms with Crippen molar-refractivity contribution >= 4 is 17.9 Å². The number of urea groups is 1. The molecule has 20 heavy (non-hydrogen) atoms. The van der Waals surface area contributed by atoms with Crippen LogP contribution in [0.5, 0.6) is 0 Å². The summed E-state index contributed by atoms with van der Waals surface area (Å²) in [7, 11) is 0. The van der Waals surface area contributed by atoms with Gasteiger partial charge in [-0.15, -0.1) is 0 Å².